The number of amides is 1. The second kappa shape index (κ2) is 2.64. The maximum atomic E-state index is 11.4. The summed E-state index contributed by atoms with van der Waals surface area (Å²) >= 11 is 5.05. The lowest BCUT2D eigenvalue weighted by Crippen LogP contribution is -2.19. The molecule has 1 aromatic carbocycles. The Kier molecular flexibility index (Phi) is 1.70. The first kappa shape index (κ1) is 8.38. The molecular weight excluding hydrogens is 182 g/mol. The fourth-order valence-electron chi connectivity index (χ4n) is 1.68. The number of hydrogen-bond donors (Lipinski definition) is 1. The molecule has 1 N–H and O–H groups in total. The van der Waals surface area contributed by atoms with Gasteiger partial charge >= 0.3 is 0 Å². The number of fused-ring (bicyclic) bond motifs is 1. The summed E-state index contributed by atoms with van der Waals surface area (Å²) in [5.74, 6) is -0.0770. The smallest absolute Gasteiger partial charge is 0.257 e. The predicted octanol–water partition coefficient (Wildman–Crippen LogP) is 1.72. The van der Waals surface area contributed by atoms with E-state index in [-0.39, 0.29) is 5.91 Å². The number of benzene rings is 1. The van der Waals surface area contributed by atoms with Crippen LogP contribution in [0.25, 0.3) is 0 Å². The van der Waals surface area contributed by atoms with E-state index in [2.05, 4.69) is 5.32 Å². The van der Waals surface area contributed by atoms with E-state index in [1.807, 2.05) is 26.0 Å². The second-order valence-corrected chi connectivity index (χ2v) is 3.70. The summed E-state index contributed by atoms with van der Waals surface area (Å²) < 4.78 is 0. The molecule has 0 unspecified atom stereocenters. The van der Waals surface area contributed by atoms with Crippen molar-refractivity contribution in [3.8, 4) is 0 Å². The number of hydrogen-bond acceptors (Lipinski definition) is 2. The van der Waals surface area contributed by atoms with Gasteiger partial charge in [-0.1, -0.05) is 23.8 Å². The maximum Gasteiger partial charge on any atom is 0.257 e. The molecule has 0 bridgehead atoms. The molecule has 66 valence electrons. The first-order chi connectivity index (χ1) is 6.09. The number of rotatable bonds is 0. The highest BCUT2D eigenvalue weighted by Crippen LogP contribution is 2.21. The lowest BCUT2D eigenvalue weighted by Gasteiger charge is -2.02. The van der Waals surface area contributed by atoms with Crippen molar-refractivity contribution in [3.05, 3.63) is 34.4 Å². The van der Waals surface area contributed by atoms with Crippen molar-refractivity contribution < 1.29 is 4.79 Å². The van der Waals surface area contributed by atoms with Gasteiger partial charge in [-0.3, -0.25) is 4.79 Å². The number of carbonyl (C=O) groups is 1. The fourth-order valence-corrected chi connectivity index (χ4v) is 2.04. The van der Waals surface area contributed by atoms with Gasteiger partial charge in [-0.25, -0.2) is 0 Å². The van der Waals surface area contributed by atoms with Crippen LogP contribution < -0.4 is 5.32 Å². The molecule has 0 fully saturated rings. The molecule has 0 aliphatic carbocycles. The van der Waals surface area contributed by atoms with Crippen LogP contribution in [0.5, 0.6) is 0 Å². The summed E-state index contributed by atoms with van der Waals surface area (Å²) in [4.78, 5) is 11.9. The molecule has 1 aliphatic heterocycles. The molecule has 1 aromatic rings. The Balaban J connectivity index is 2.77. The summed E-state index contributed by atoms with van der Waals surface area (Å²) in [6, 6.07) is 3.91. The highest BCUT2D eigenvalue weighted by molar-refractivity contribution is 7.80. The minimum Gasteiger partial charge on any atom is -0.312 e. The van der Waals surface area contributed by atoms with E-state index < -0.39 is 0 Å². The predicted molar refractivity (Wildman–Crippen MR) is 55.1 cm³/mol. The molecular formula is C10H9NOS. The van der Waals surface area contributed by atoms with Crippen molar-refractivity contribution in [3.63, 3.8) is 0 Å². The molecule has 3 heteroatoms. The van der Waals surface area contributed by atoms with E-state index in [0.29, 0.717) is 10.6 Å². The Hall–Kier alpha value is -1.22. The van der Waals surface area contributed by atoms with Crippen LogP contribution in [-0.2, 0) is 0 Å². The lowest BCUT2D eigenvalue weighted by molar-refractivity contribution is 0.0983. The lowest BCUT2D eigenvalue weighted by atomic mass is 10.0. The van der Waals surface area contributed by atoms with Crippen molar-refractivity contribution in [2.45, 2.75) is 13.8 Å². The second-order valence-electron chi connectivity index (χ2n) is 3.29. The van der Waals surface area contributed by atoms with Crippen LogP contribution in [0.1, 0.15) is 27.0 Å². The van der Waals surface area contributed by atoms with Crippen molar-refractivity contribution in [1.82, 2.24) is 5.32 Å². The van der Waals surface area contributed by atoms with Crippen LogP contribution in [-0.4, -0.2) is 10.9 Å². The number of aryl methyl sites for hydroxylation is 2. The normalized spacial score (nSPS) is 14.3. The van der Waals surface area contributed by atoms with Gasteiger partial charge in [0.2, 0.25) is 0 Å². The average Bonchev–Trinajstić information content (AvgIpc) is 2.27. The number of nitrogens with one attached hydrogen (secondary N) is 1. The SMILES string of the molecule is Cc1cc(C)c2c(c1)C(=O)NC2=S. The molecule has 2 nitrogen and oxygen atoms in total. The van der Waals surface area contributed by atoms with Gasteiger partial charge in [-0.2, -0.15) is 0 Å². The Morgan fingerprint density at radius 1 is 1.31 bits per heavy atom. The van der Waals surface area contributed by atoms with E-state index in [0.717, 1.165) is 16.7 Å². The summed E-state index contributed by atoms with van der Waals surface area (Å²) in [5.41, 5.74) is 3.77. The van der Waals surface area contributed by atoms with Gasteiger partial charge in [0.1, 0.15) is 4.99 Å². The molecule has 0 spiro atoms. The summed E-state index contributed by atoms with van der Waals surface area (Å²) in [6.07, 6.45) is 0. The van der Waals surface area contributed by atoms with Gasteiger partial charge < -0.3 is 5.32 Å². The molecule has 2 rings (SSSR count). The third-order valence-corrected chi connectivity index (χ3v) is 2.48. The zero-order valence-electron chi connectivity index (χ0n) is 7.47. The Morgan fingerprint density at radius 2 is 2.00 bits per heavy atom. The van der Waals surface area contributed by atoms with Gasteiger partial charge in [0.25, 0.3) is 5.91 Å². The standard InChI is InChI=1S/C10H9NOS/c1-5-3-6(2)8-7(4-5)9(12)11-10(8)13/h3-4H,1-2H3,(H,11,12,13). The highest BCUT2D eigenvalue weighted by Gasteiger charge is 2.25. The van der Waals surface area contributed by atoms with Crippen molar-refractivity contribution >= 4 is 23.1 Å². The Labute approximate surface area is 82.0 Å². The largest absolute Gasteiger partial charge is 0.312 e. The first-order valence-electron chi connectivity index (χ1n) is 4.06. The van der Waals surface area contributed by atoms with Crippen LogP contribution in [0, 0.1) is 13.8 Å². The van der Waals surface area contributed by atoms with Crippen molar-refractivity contribution in [2.24, 2.45) is 0 Å². The van der Waals surface area contributed by atoms with E-state index in [1.54, 1.807) is 0 Å². The molecule has 1 heterocycles. The minimum atomic E-state index is -0.0770. The molecule has 13 heavy (non-hydrogen) atoms. The molecule has 0 atom stereocenters. The molecule has 0 saturated carbocycles. The van der Waals surface area contributed by atoms with Gasteiger partial charge in [0.05, 0.1) is 5.56 Å². The zero-order chi connectivity index (χ0) is 9.59. The topological polar surface area (TPSA) is 29.1 Å². The average molecular weight is 191 g/mol. The van der Waals surface area contributed by atoms with Gasteiger partial charge in [-0.15, -0.1) is 0 Å². The van der Waals surface area contributed by atoms with E-state index in [9.17, 15) is 4.79 Å². The molecule has 1 amide bonds. The van der Waals surface area contributed by atoms with Crippen LogP contribution in [0.4, 0.5) is 0 Å². The van der Waals surface area contributed by atoms with Gasteiger partial charge in [0.15, 0.2) is 0 Å². The quantitative estimate of drug-likeness (QED) is 0.633. The third kappa shape index (κ3) is 1.16. The maximum absolute atomic E-state index is 11.4. The van der Waals surface area contributed by atoms with Crippen LogP contribution in [0.15, 0.2) is 12.1 Å². The van der Waals surface area contributed by atoms with E-state index in [4.69, 9.17) is 12.2 Å². The monoisotopic (exact) mass is 191 g/mol. The summed E-state index contributed by atoms with van der Waals surface area (Å²) in [7, 11) is 0. The number of thiocarbonyl (C=S) groups is 1. The van der Waals surface area contributed by atoms with Crippen molar-refractivity contribution in [2.75, 3.05) is 0 Å². The Bertz CT molecular complexity index is 423. The minimum absolute atomic E-state index is 0.0770. The highest BCUT2D eigenvalue weighted by atomic mass is 32.1. The van der Waals surface area contributed by atoms with Crippen LogP contribution >= 0.6 is 12.2 Å². The molecule has 0 saturated heterocycles. The zero-order valence-corrected chi connectivity index (χ0v) is 8.29. The fraction of sp³-hybridized carbons (Fsp3) is 0.200. The van der Waals surface area contributed by atoms with E-state index in [1.165, 1.54) is 0 Å². The van der Waals surface area contributed by atoms with Crippen molar-refractivity contribution in [1.29, 1.82) is 0 Å². The first-order valence-corrected chi connectivity index (χ1v) is 4.47. The summed E-state index contributed by atoms with van der Waals surface area (Å²) in [5, 5.41) is 2.64. The molecule has 1 aliphatic rings. The number of carbonyl (C=O) groups excluding carboxylic acids is 1. The van der Waals surface area contributed by atoms with Crippen LogP contribution in [0.2, 0.25) is 0 Å². The van der Waals surface area contributed by atoms with Gasteiger partial charge in [0, 0.05) is 5.56 Å². The third-order valence-electron chi connectivity index (χ3n) is 2.18. The summed E-state index contributed by atoms with van der Waals surface area (Å²) in [6.45, 7) is 3.94. The van der Waals surface area contributed by atoms with Crippen LogP contribution in [0.3, 0.4) is 0 Å². The van der Waals surface area contributed by atoms with Gasteiger partial charge in [-0.05, 0) is 25.5 Å². The van der Waals surface area contributed by atoms with E-state index >= 15 is 0 Å². The molecule has 0 aromatic heterocycles. The Morgan fingerprint density at radius 3 is 2.69 bits per heavy atom. The molecule has 0 radical (unpaired) electrons.